The van der Waals surface area contributed by atoms with Crippen molar-refractivity contribution in [2.75, 3.05) is 26.4 Å². The number of carbonyl (C=O) groups is 4. The first kappa shape index (κ1) is 27.2. The Bertz CT molecular complexity index is 545. The van der Waals surface area contributed by atoms with Gasteiger partial charge in [0.05, 0.1) is 37.6 Å². The van der Waals surface area contributed by atoms with Crippen LogP contribution in [0.15, 0.2) is 24.3 Å². The fraction of sp³-hybridized carbons (Fsp3) is 0.412. The van der Waals surface area contributed by atoms with Gasteiger partial charge in [0.15, 0.2) is 0 Å². The molecule has 0 amide bonds. The van der Waals surface area contributed by atoms with Crippen molar-refractivity contribution in [1.29, 1.82) is 0 Å². The van der Waals surface area contributed by atoms with E-state index in [1.807, 2.05) is 0 Å². The number of aromatic carboxylic acids is 2. The predicted molar refractivity (Wildman–Crippen MR) is 94.5 cm³/mol. The Morgan fingerprint density at radius 1 is 0.679 bits per heavy atom. The summed E-state index contributed by atoms with van der Waals surface area (Å²) in [5.74, 6) is -4.02. The van der Waals surface area contributed by atoms with Crippen molar-refractivity contribution in [2.45, 2.75) is 19.3 Å². The molecule has 0 saturated heterocycles. The van der Waals surface area contributed by atoms with Gasteiger partial charge in [0.25, 0.3) is 0 Å². The number of hydrogen-bond donors (Lipinski definition) is 6. The molecule has 11 nitrogen and oxygen atoms in total. The Kier molecular flexibility index (Phi) is 16.9. The van der Waals surface area contributed by atoms with Crippen molar-refractivity contribution in [3.05, 3.63) is 35.4 Å². The molecule has 0 aliphatic carbocycles. The van der Waals surface area contributed by atoms with E-state index in [0.717, 1.165) is 0 Å². The van der Waals surface area contributed by atoms with Crippen molar-refractivity contribution in [3.8, 4) is 0 Å². The van der Waals surface area contributed by atoms with Gasteiger partial charge >= 0.3 is 23.9 Å². The largest absolute Gasteiger partial charge is 0.481 e. The number of aliphatic hydroxyl groups is 2. The lowest BCUT2D eigenvalue weighted by molar-refractivity contribution is -0.138. The van der Waals surface area contributed by atoms with E-state index in [1.54, 1.807) is 0 Å². The SMILES string of the molecule is O=C(O)CCCC(=O)O.O=C(O)c1ccc(C(=O)O)cc1.OCCOCCO. The fourth-order valence-electron chi connectivity index (χ4n) is 1.38. The van der Waals surface area contributed by atoms with E-state index in [-0.39, 0.29) is 43.6 Å². The fourth-order valence-corrected chi connectivity index (χ4v) is 1.38. The summed E-state index contributed by atoms with van der Waals surface area (Å²) >= 11 is 0. The minimum Gasteiger partial charge on any atom is -0.481 e. The maximum atomic E-state index is 10.3. The highest BCUT2D eigenvalue weighted by Crippen LogP contribution is 2.03. The van der Waals surface area contributed by atoms with Gasteiger partial charge in [-0.05, 0) is 30.7 Å². The second kappa shape index (κ2) is 17.4. The van der Waals surface area contributed by atoms with E-state index < -0.39 is 23.9 Å². The van der Waals surface area contributed by atoms with E-state index >= 15 is 0 Å². The number of carboxylic acids is 4. The summed E-state index contributed by atoms with van der Waals surface area (Å²) in [5, 5.41) is 49.2. The van der Waals surface area contributed by atoms with Gasteiger partial charge in [-0.2, -0.15) is 0 Å². The first-order valence-corrected chi connectivity index (χ1v) is 7.95. The molecule has 1 rings (SSSR count). The predicted octanol–water partition coefficient (Wildman–Crippen LogP) is 0.397. The molecule has 11 heteroatoms. The van der Waals surface area contributed by atoms with Gasteiger partial charge in [-0.25, -0.2) is 9.59 Å². The Balaban J connectivity index is 0. The molecule has 0 aliphatic heterocycles. The van der Waals surface area contributed by atoms with Crippen LogP contribution in [0.4, 0.5) is 0 Å². The normalized spacial score (nSPS) is 9.21. The summed E-state index contributed by atoms with van der Waals surface area (Å²) < 4.78 is 4.63. The lowest BCUT2D eigenvalue weighted by Crippen LogP contribution is -2.03. The molecule has 0 spiro atoms. The molecular formula is C17H24O11. The molecule has 6 N–H and O–H groups in total. The first-order valence-electron chi connectivity index (χ1n) is 7.95. The minimum absolute atomic E-state index is 0.0278. The molecule has 0 saturated carbocycles. The van der Waals surface area contributed by atoms with E-state index in [4.69, 9.17) is 30.6 Å². The Labute approximate surface area is 160 Å². The molecule has 28 heavy (non-hydrogen) atoms. The molecule has 1 aromatic rings. The standard InChI is InChI=1S/C8H6O4.C5H8O4.C4H10O3/c9-7(10)5-1-2-6(4-3-5)8(11)12;6-4(7)2-1-3-5(8)9;5-1-3-7-4-2-6/h1-4H,(H,9,10)(H,11,12);1-3H2,(H,6,7)(H,8,9);5-6H,1-4H2. The second-order valence-electron chi connectivity index (χ2n) is 4.89. The van der Waals surface area contributed by atoms with Crippen LogP contribution >= 0.6 is 0 Å². The lowest BCUT2D eigenvalue weighted by atomic mass is 10.1. The molecule has 0 aromatic heterocycles. The molecule has 0 fully saturated rings. The van der Waals surface area contributed by atoms with Crippen LogP contribution in [0.1, 0.15) is 40.0 Å². The lowest BCUT2D eigenvalue weighted by Gasteiger charge is -1.94. The summed E-state index contributed by atoms with van der Waals surface area (Å²) in [5.41, 5.74) is 0.167. The molecule has 0 heterocycles. The number of carboxylic acid groups (broad SMARTS) is 4. The maximum Gasteiger partial charge on any atom is 0.335 e. The highest BCUT2D eigenvalue weighted by molar-refractivity contribution is 5.91. The van der Waals surface area contributed by atoms with E-state index in [9.17, 15) is 19.2 Å². The van der Waals surface area contributed by atoms with Crippen LogP contribution in [0.3, 0.4) is 0 Å². The van der Waals surface area contributed by atoms with Crippen molar-refractivity contribution < 1.29 is 54.6 Å². The average Bonchev–Trinajstić information content (AvgIpc) is 2.62. The van der Waals surface area contributed by atoms with Crippen LogP contribution in [-0.2, 0) is 14.3 Å². The van der Waals surface area contributed by atoms with E-state index in [2.05, 4.69) is 4.74 Å². The molecule has 158 valence electrons. The number of ether oxygens (including phenoxy) is 1. The van der Waals surface area contributed by atoms with Gasteiger partial charge in [0, 0.05) is 12.8 Å². The molecule has 0 atom stereocenters. The minimum atomic E-state index is -1.06. The van der Waals surface area contributed by atoms with E-state index in [0.29, 0.717) is 13.2 Å². The molecule has 0 unspecified atom stereocenters. The van der Waals surface area contributed by atoms with Gasteiger partial charge in [-0.1, -0.05) is 0 Å². The molecular weight excluding hydrogens is 380 g/mol. The van der Waals surface area contributed by atoms with Crippen molar-refractivity contribution in [1.82, 2.24) is 0 Å². The first-order chi connectivity index (χ1) is 13.1. The van der Waals surface area contributed by atoms with Crippen LogP contribution in [0.2, 0.25) is 0 Å². The van der Waals surface area contributed by atoms with E-state index in [1.165, 1.54) is 24.3 Å². The summed E-state index contributed by atoms with van der Waals surface area (Å²) in [6.45, 7) is 0.696. The van der Waals surface area contributed by atoms with Crippen LogP contribution in [0, 0.1) is 0 Å². The number of benzene rings is 1. The van der Waals surface area contributed by atoms with Crippen LogP contribution in [-0.4, -0.2) is 80.9 Å². The second-order valence-corrected chi connectivity index (χ2v) is 4.89. The average molecular weight is 404 g/mol. The third kappa shape index (κ3) is 17.8. The zero-order valence-corrected chi connectivity index (χ0v) is 15.0. The summed E-state index contributed by atoms with van der Waals surface area (Å²) in [4.78, 5) is 40.2. The van der Waals surface area contributed by atoms with Crippen molar-refractivity contribution in [2.24, 2.45) is 0 Å². The molecule has 0 aliphatic rings. The maximum absolute atomic E-state index is 10.3. The number of aliphatic hydroxyl groups excluding tert-OH is 2. The number of rotatable bonds is 10. The molecule has 0 radical (unpaired) electrons. The zero-order valence-electron chi connectivity index (χ0n) is 15.0. The Morgan fingerprint density at radius 2 is 1.00 bits per heavy atom. The van der Waals surface area contributed by atoms with Crippen LogP contribution in [0.5, 0.6) is 0 Å². The summed E-state index contributed by atoms with van der Waals surface area (Å²) in [6.07, 6.45) is 0.0866. The quantitative estimate of drug-likeness (QED) is 0.295. The zero-order chi connectivity index (χ0) is 21.9. The van der Waals surface area contributed by atoms with Gasteiger partial charge in [0.2, 0.25) is 0 Å². The molecule has 1 aromatic carbocycles. The highest BCUT2D eigenvalue weighted by atomic mass is 16.5. The third-order valence-electron chi connectivity index (χ3n) is 2.63. The number of hydrogen-bond acceptors (Lipinski definition) is 7. The van der Waals surface area contributed by atoms with Gasteiger partial charge in [0.1, 0.15) is 0 Å². The smallest absolute Gasteiger partial charge is 0.335 e. The Hall–Kier alpha value is -3.02. The highest BCUT2D eigenvalue weighted by Gasteiger charge is 2.04. The molecule has 0 bridgehead atoms. The van der Waals surface area contributed by atoms with Crippen LogP contribution in [0.25, 0.3) is 0 Å². The summed E-state index contributed by atoms with van der Waals surface area (Å²) in [7, 11) is 0. The monoisotopic (exact) mass is 404 g/mol. The topological polar surface area (TPSA) is 199 Å². The van der Waals surface area contributed by atoms with Gasteiger partial charge in [-0.3, -0.25) is 9.59 Å². The van der Waals surface area contributed by atoms with Crippen molar-refractivity contribution >= 4 is 23.9 Å². The van der Waals surface area contributed by atoms with Crippen molar-refractivity contribution in [3.63, 3.8) is 0 Å². The Morgan fingerprint density at radius 3 is 1.21 bits per heavy atom. The summed E-state index contributed by atoms with van der Waals surface area (Å²) in [6, 6.07) is 5.02. The number of aliphatic carboxylic acids is 2. The van der Waals surface area contributed by atoms with Gasteiger partial charge < -0.3 is 35.4 Å². The van der Waals surface area contributed by atoms with Gasteiger partial charge in [-0.15, -0.1) is 0 Å². The van der Waals surface area contributed by atoms with Crippen LogP contribution < -0.4 is 0 Å². The third-order valence-corrected chi connectivity index (χ3v) is 2.63.